The minimum atomic E-state index is -5.11. The topological polar surface area (TPSA) is 76.7 Å². The van der Waals surface area contributed by atoms with E-state index in [0.717, 1.165) is 6.07 Å². The molecule has 0 fully saturated rings. The lowest BCUT2D eigenvalue weighted by Crippen LogP contribution is -2.28. The number of ether oxygens (including phenoxy) is 1. The molecule has 1 aromatic carbocycles. The summed E-state index contributed by atoms with van der Waals surface area (Å²) in [7, 11) is 0. The minimum absolute atomic E-state index is 0.000344. The Morgan fingerprint density at radius 3 is 2.61 bits per heavy atom. The van der Waals surface area contributed by atoms with Crippen molar-refractivity contribution >= 4 is 11.7 Å². The number of halogens is 3. The third-order valence-corrected chi connectivity index (χ3v) is 2.91. The van der Waals surface area contributed by atoms with Crippen molar-refractivity contribution in [1.29, 1.82) is 0 Å². The average Bonchev–Trinajstić information content (AvgIpc) is 2.89. The van der Waals surface area contributed by atoms with Crippen molar-refractivity contribution in [1.82, 2.24) is 14.4 Å². The second-order valence-electron chi connectivity index (χ2n) is 4.50. The molecule has 2 heterocycles. The van der Waals surface area contributed by atoms with E-state index in [4.69, 9.17) is 0 Å². The van der Waals surface area contributed by atoms with Gasteiger partial charge in [-0.15, -0.1) is 0 Å². The summed E-state index contributed by atoms with van der Waals surface area (Å²) in [6.07, 6.45) is -2.23. The Morgan fingerprint density at radius 1 is 1.17 bits per heavy atom. The lowest BCUT2D eigenvalue weighted by molar-refractivity contribution is -0.189. The zero-order chi connectivity index (χ0) is 16.6. The molecule has 6 nitrogen and oxygen atoms in total. The molecule has 0 aliphatic rings. The molecule has 3 rings (SSSR count). The number of hydrogen-bond donors (Lipinski definition) is 1. The van der Waals surface area contributed by atoms with E-state index in [1.165, 1.54) is 22.9 Å². The van der Waals surface area contributed by atoms with Gasteiger partial charge in [0.2, 0.25) is 11.7 Å². The first-order valence-corrected chi connectivity index (χ1v) is 6.28. The van der Waals surface area contributed by atoms with Crippen LogP contribution in [0.1, 0.15) is 0 Å². The molecule has 0 bridgehead atoms. The fourth-order valence-corrected chi connectivity index (χ4v) is 1.89. The maximum absolute atomic E-state index is 12.2. The zero-order valence-electron chi connectivity index (χ0n) is 11.3. The first-order chi connectivity index (χ1) is 10.8. The Kier molecular flexibility index (Phi) is 3.40. The van der Waals surface area contributed by atoms with Gasteiger partial charge in [0.1, 0.15) is 5.75 Å². The van der Waals surface area contributed by atoms with Crippen molar-refractivity contribution < 1.29 is 27.8 Å². The van der Waals surface area contributed by atoms with E-state index in [9.17, 15) is 23.1 Å². The predicted octanol–water partition coefficient (Wildman–Crippen LogP) is 2.57. The van der Waals surface area contributed by atoms with E-state index in [1.54, 1.807) is 18.2 Å². The Balaban J connectivity index is 1.96. The number of rotatable bonds is 2. The van der Waals surface area contributed by atoms with Crippen LogP contribution < -0.4 is 4.74 Å². The molecule has 0 saturated carbocycles. The Labute approximate surface area is 126 Å². The van der Waals surface area contributed by atoms with Crippen molar-refractivity contribution in [2.24, 2.45) is 0 Å². The molecule has 0 aliphatic carbocycles. The number of benzene rings is 1. The second-order valence-corrected chi connectivity index (χ2v) is 4.50. The summed E-state index contributed by atoms with van der Waals surface area (Å²) in [5.74, 6) is -2.86. The van der Waals surface area contributed by atoms with E-state index in [2.05, 4.69) is 14.7 Å². The van der Waals surface area contributed by atoms with Gasteiger partial charge in [-0.2, -0.15) is 18.2 Å². The number of hydrogen-bond acceptors (Lipinski definition) is 5. The maximum Gasteiger partial charge on any atom is 0.491 e. The lowest BCUT2D eigenvalue weighted by atomic mass is 10.1. The van der Waals surface area contributed by atoms with E-state index < -0.39 is 18.0 Å². The molecule has 2 aromatic heterocycles. The summed E-state index contributed by atoms with van der Waals surface area (Å²) in [4.78, 5) is 18.6. The molecule has 0 spiro atoms. The van der Waals surface area contributed by atoms with Gasteiger partial charge in [0.05, 0.1) is 5.69 Å². The number of phenols is 1. The Hall–Kier alpha value is -3.10. The van der Waals surface area contributed by atoms with E-state index in [1.807, 2.05) is 0 Å². The molecule has 118 valence electrons. The largest absolute Gasteiger partial charge is 0.507 e. The number of para-hydroxylation sites is 1. The number of esters is 1. The van der Waals surface area contributed by atoms with Crippen molar-refractivity contribution in [2.45, 2.75) is 6.18 Å². The highest BCUT2D eigenvalue weighted by Crippen LogP contribution is 2.28. The third kappa shape index (κ3) is 2.93. The van der Waals surface area contributed by atoms with Crippen LogP contribution in [-0.2, 0) is 4.79 Å². The van der Waals surface area contributed by atoms with Gasteiger partial charge in [-0.25, -0.2) is 9.78 Å². The standard InChI is InChI=1S/C14H8F3N3O3/c15-14(16,17)12(22)23-11-5-6-20-7-9(18-13(20)19-11)8-3-1-2-4-10(8)21/h1-7,21H. The van der Waals surface area contributed by atoms with Crippen LogP contribution in [0.15, 0.2) is 42.7 Å². The van der Waals surface area contributed by atoms with Gasteiger partial charge in [0, 0.05) is 24.0 Å². The highest BCUT2D eigenvalue weighted by atomic mass is 19.4. The number of aromatic nitrogens is 3. The number of alkyl halides is 3. The number of nitrogens with zero attached hydrogens (tertiary/aromatic N) is 3. The van der Waals surface area contributed by atoms with E-state index >= 15 is 0 Å². The molecular formula is C14H8F3N3O3. The van der Waals surface area contributed by atoms with Crippen molar-refractivity contribution in [3.05, 3.63) is 42.7 Å². The van der Waals surface area contributed by atoms with Crippen LogP contribution in [0.25, 0.3) is 17.0 Å². The Morgan fingerprint density at radius 2 is 1.91 bits per heavy atom. The average molecular weight is 323 g/mol. The summed E-state index contributed by atoms with van der Waals surface area (Å²) < 4.78 is 42.1. The summed E-state index contributed by atoms with van der Waals surface area (Å²) in [6, 6.07) is 7.54. The van der Waals surface area contributed by atoms with Gasteiger partial charge >= 0.3 is 12.1 Å². The summed E-state index contributed by atoms with van der Waals surface area (Å²) in [5.41, 5.74) is 0.807. The molecule has 1 N–H and O–H groups in total. The molecule has 0 radical (unpaired) electrons. The quantitative estimate of drug-likeness (QED) is 0.734. The van der Waals surface area contributed by atoms with Gasteiger partial charge in [0.15, 0.2) is 0 Å². The van der Waals surface area contributed by atoms with Gasteiger partial charge in [-0.1, -0.05) is 12.1 Å². The van der Waals surface area contributed by atoms with Gasteiger partial charge in [0.25, 0.3) is 0 Å². The van der Waals surface area contributed by atoms with Gasteiger partial charge < -0.3 is 9.84 Å². The van der Waals surface area contributed by atoms with Crippen molar-refractivity contribution in [3.63, 3.8) is 0 Å². The third-order valence-electron chi connectivity index (χ3n) is 2.91. The van der Waals surface area contributed by atoms with Crippen LogP contribution in [-0.4, -0.2) is 31.6 Å². The first kappa shape index (κ1) is 14.8. The number of fused-ring (bicyclic) bond motifs is 1. The van der Waals surface area contributed by atoms with Crippen molar-refractivity contribution in [2.75, 3.05) is 0 Å². The van der Waals surface area contributed by atoms with Gasteiger partial charge in [-0.05, 0) is 12.1 Å². The smallest absolute Gasteiger partial charge is 0.491 e. The second kappa shape index (κ2) is 5.27. The van der Waals surface area contributed by atoms with Crippen LogP contribution in [0.5, 0.6) is 11.6 Å². The maximum atomic E-state index is 12.2. The van der Waals surface area contributed by atoms with Crippen LogP contribution in [0.4, 0.5) is 13.2 Å². The molecule has 0 aliphatic heterocycles. The fourth-order valence-electron chi connectivity index (χ4n) is 1.89. The van der Waals surface area contributed by atoms with Gasteiger partial charge in [-0.3, -0.25) is 4.40 Å². The van der Waals surface area contributed by atoms with Crippen molar-refractivity contribution in [3.8, 4) is 22.9 Å². The monoisotopic (exact) mass is 323 g/mol. The van der Waals surface area contributed by atoms with E-state index in [0.29, 0.717) is 11.3 Å². The number of aromatic hydroxyl groups is 1. The molecule has 9 heteroatoms. The number of carbonyl (C=O) groups excluding carboxylic acids is 1. The molecule has 0 unspecified atom stereocenters. The van der Waals surface area contributed by atoms with Crippen LogP contribution in [0, 0.1) is 0 Å². The normalized spacial score (nSPS) is 11.6. The lowest BCUT2D eigenvalue weighted by Gasteiger charge is -2.05. The van der Waals surface area contributed by atoms with Crippen LogP contribution in [0.2, 0.25) is 0 Å². The summed E-state index contributed by atoms with van der Waals surface area (Å²) >= 11 is 0. The number of carbonyl (C=O) groups is 1. The fraction of sp³-hybridized carbons (Fsp3) is 0.0714. The Bertz CT molecular complexity index is 890. The molecule has 0 atom stereocenters. The first-order valence-electron chi connectivity index (χ1n) is 6.28. The summed E-state index contributed by atoms with van der Waals surface area (Å²) in [6.45, 7) is 0. The van der Waals surface area contributed by atoms with Crippen LogP contribution in [0.3, 0.4) is 0 Å². The molecule has 3 aromatic rings. The minimum Gasteiger partial charge on any atom is -0.507 e. The zero-order valence-corrected chi connectivity index (χ0v) is 11.3. The molecule has 0 amide bonds. The van der Waals surface area contributed by atoms with E-state index in [-0.39, 0.29) is 11.5 Å². The number of phenolic OH excluding ortho intramolecular Hbond substituents is 1. The molecular weight excluding hydrogens is 315 g/mol. The predicted molar refractivity (Wildman–Crippen MR) is 71.8 cm³/mol. The number of imidazole rings is 1. The summed E-state index contributed by atoms with van der Waals surface area (Å²) in [5, 5.41) is 9.79. The molecule has 0 saturated heterocycles. The highest BCUT2D eigenvalue weighted by Gasteiger charge is 2.41. The SMILES string of the molecule is O=C(Oc1ccn2cc(-c3ccccc3O)nc2n1)C(F)(F)F. The molecule has 23 heavy (non-hydrogen) atoms. The van der Waals surface area contributed by atoms with Crippen LogP contribution >= 0.6 is 0 Å². The highest BCUT2D eigenvalue weighted by molar-refractivity contribution is 5.77.